The minimum atomic E-state index is -0.892. The van der Waals surface area contributed by atoms with E-state index in [2.05, 4.69) is 20.9 Å². The summed E-state index contributed by atoms with van der Waals surface area (Å²) in [4.78, 5) is 26.7. The van der Waals surface area contributed by atoms with Crippen LogP contribution in [0.25, 0.3) is 0 Å². The fraction of sp³-hybridized carbons (Fsp3) is 0.455. The second-order valence-electron chi connectivity index (χ2n) is 4.03. The zero-order chi connectivity index (χ0) is 14.6. The Morgan fingerprint density at radius 2 is 2.32 bits per heavy atom. The van der Waals surface area contributed by atoms with E-state index < -0.39 is 16.8 Å². The van der Waals surface area contributed by atoms with Crippen LogP contribution in [0, 0.1) is 16.0 Å². The first-order valence-electron chi connectivity index (χ1n) is 5.64. The molecule has 0 aromatic carbocycles. The lowest BCUT2D eigenvalue weighted by Crippen LogP contribution is -2.32. The number of aromatic nitrogens is 1. The van der Waals surface area contributed by atoms with Gasteiger partial charge in [-0.25, -0.2) is 4.98 Å². The largest absolute Gasteiger partial charge is 0.481 e. The lowest BCUT2D eigenvalue weighted by atomic mass is 10.1. The smallest absolute Gasteiger partial charge is 0.308 e. The maximum atomic E-state index is 10.9. The number of halogens is 1. The molecule has 1 aromatic heterocycles. The van der Waals surface area contributed by atoms with E-state index in [4.69, 9.17) is 5.11 Å². The summed E-state index contributed by atoms with van der Waals surface area (Å²) in [5.74, 6) is -0.943. The maximum absolute atomic E-state index is 10.9. The van der Waals surface area contributed by atoms with E-state index in [1.807, 2.05) is 6.92 Å². The van der Waals surface area contributed by atoms with E-state index in [0.29, 0.717) is 16.8 Å². The van der Waals surface area contributed by atoms with Gasteiger partial charge in [-0.1, -0.05) is 6.92 Å². The van der Waals surface area contributed by atoms with Gasteiger partial charge in [0.25, 0.3) is 5.69 Å². The molecule has 7 nitrogen and oxygen atoms in total. The van der Waals surface area contributed by atoms with Crippen LogP contribution >= 0.6 is 15.9 Å². The zero-order valence-corrected chi connectivity index (χ0v) is 12.1. The molecule has 1 N–H and O–H groups in total. The van der Waals surface area contributed by atoms with Crippen molar-refractivity contribution >= 4 is 33.4 Å². The predicted octanol–water partition coefficient (Wildman–Crippen LogP) is 2.30. The molecule has 0 aliphatic rings. The molecule has 1 rings (SSSR count). The first kappa shape index (κ1) is 15.4. The normalized spacial score (nSPS) is 11.9. The van der Waals surface area contributed by atoms with Crippen molar-refractivity contribution in [2.75, 3.05) is 18.0 Å². The first-order chi connectivity index (χ1) is 8.86. The number of carbonyl (C=O) groups is 1. The van der Waals surface area contributed by atoms with Crippen molar-refractivity contribution in [2.45, 2.75) is 13.8 Å². The minimum absolute atomic E-state index is 0.113. The van der Waals surface area contributed by atoms with Gasteiger partial charge in [0.05, 0.1) is 15.3 Å². The molecule has 19 heavy (non-hydrogen) atoms. The Hall–Kier alpha value is -1.70. The summed E-state index contributed by atoms with van der Waals surface area (Å²) >= 11 is 3.23. The molecule has 0 saturated heterocycles. The molecule has 0 bridgehead atoms. The Labute approximate surface area is 118 Å². The molecule has 0 spiro atoms. The first-order valence-corrected chi connectivity index (χ1v) is 6.43. The van der Waals surface area contributed by atoms with Crippen molar-refractivity contribution in [3.63, 3.8) is 0 Å². The molecule has 104 valence electrons. The van der Waals surface area contributed by atoms with Crippen molar-refractivity contribution in [3.8, 4) is 0 Å². The molecule has 0 radical (unpaired) electrons. The Morgan fingerprint density at radius 1 is 1.68 bits per heavy atom. The molecule has 0 aliphatic heterocycles. The average molecular weight is 332 g/mol. The number of hydrogen-bond donors (Lipinski definition) is 1. The average Bonchev–Trinajstić information content (AvgIpc) is 2.35. The lowest BCUT2D eigenvalue weighted by Gasteiger charge is -2.24. The second kappa shape index (κ2) is 6.46. The molecule has 1 unspecified atom stereocenters. The highest BCUT2D eigenvalue weighted by Gasteiger charge is 2.19. The summed E-state index contributed by atoms with van der Waals surface area (Å²) in [5, 5.41) is 19.5. The highest BCUT2D eigenvalue weighted by atomic mass is 79.9. The number of carboxylic acid groups (broad SMARTS) is 1. The van der Waals surface area contributed by atoms with Gasteiger partial charge in [-0.15, -0.1) is 0 Å². The fourth-order valence-corrected chi connectivity index (χ4v) is 2.11. The highest BCUT2D eigenvalue weighted by Crippen LogP contribution is 2.27. The number of nitro groups is 1. The van der Waals surface area contributed by atoms with Gasteiger partial charge in [-0.05, 0) is 22.9 Å². The Kier molecular flexibility index (Phi) is 5.22. The van der Waals surface area contributed by atoms with Crippen molar-refractivity contribution in [2.24, 2.45) is 5.92 Å². The molecule has 1 aromatic rings. The standard InChI is InChI=1S/C11H14BrN3O4/c1-3-14(6-7(2)11(16)17)10-9(12)4-8(5-13-10)15(18)19/h4-5,7H,3,6H2,1-2H3,(H,16,17). The zero-order valence-electron chi connectivity index (χ0n) is 10.5. The van der Waals surface area contributed by atoms with Crippen LogP contribution in [0.3, 0.4) is 0 Å². The van der Waals surface area contributed by atoms with Crippen molar-refractivity contribution in [1.29, 1.82) is 0 Å². The van der Waals surface area contributed by atoms with Crippen LogP contribution in [0.4, 0.5) is 11.5 Å². The number of pyridine rings is 1. The second-order valence-corrected chi connectivity index (χ2v) is 4.89. The molecule has 1 heterocycles. The van der Waals surface area contributed by atoms with Gasteiger partial charge in [0.15, 0.2) is 0 Å². The quantitative estimate of drug-likeness (QED) is 0.634. The van der Waals surface area contributed by atoms with Crippen LogP contribution < -0.4 is 4.90 Å². The van der Waals surface area contributed by atoms with Gasteiger partial charge in [0, 0.05) is 19.2 Å². The van der Waals surface area contributed by atoms with Crippen LogP contribution in [0.15, 0.2) is 16.7 Å². The van der Waals surface area contributed by atoms with Crippen LogP contribution in [0.2, 0.25) is 0 Å². The van der Waals surface area contributed by atoms with Gasteiger partial charge in [0.2, 0.25) is 0 Å². The van der Waals surface area contributed by atoms with Crippen molar-refractivity contribution in [1.82, 2.24) is 4.98 Å². The van der Waals surface area contributed by atoms with Crippen LogP contribution in [-0.4, -0.2) is 34.1 Å². The summed E-state index contributed by atoms with van der Waals surface area (Å²) in [6.45, 7) is 4.31. The number of anilines is 1. The maximum Gasteiger partial charge on any atom is 0.308 e. The fourth-order valence-electron chi connectivity index (χ4n) is 1.53. The molecule has 0 fully saturated rings. The topological polar surface area (TPSA) is 96.6 Å². The summed E-state index contributed by atoms with van der Waals surface area (Å²) in [6.07, 6.45) is 1.16. The number of rotatable bonds is 6. The Bertz CT molecular complexity index is 495. The third-order valence-corrected chi connectivity index (χ3v) is 3.20. The van der Waals surface area contributed by atoms with E-state index in [0.717, 1.165) is 6.20 Å². The molecule has 0 amide bonds. The van der Waals surface area contributed by atoms with Crippen LogP contribution in [-0.2, 0) is 4.79 Å². The van der Waals surface area contributed by atoms with Crippen LogP contribution in [0.1, 0.15) is 13.8 Å². The van der Waals surface area contributed by atoms with Gasteiger partial charge < -0.3 is 10.0 Å². The number of hydrogen-bond acceptors (Lipinski definition) is 5. The van der Waals surface area contributed by atoms with Gasteiger partial charge >= 0.3 is 5.97 Å². The summed E-state index contributed by atoms with van der Waals surface area (Å²) in [5.41, 5.74) is -0.113. The summed E-state index contributed by atoms with van der Waals surface area (Å²) < 4.78 is 0.473. The number of nitrogens with zero attached hydrogens (tertiary/aromatic N) is 3. The SMILES string of the molecule is CCN(CC(C)C(=O)O)c1ncc([N+](=O)[O-])cc1Br. The third kappa shape index (κ3) is 3.88. The van der Waals surface area contributed by atoms with Gasteiger partial charge in [-0.3, -0.25) is 14.9 Å². The summed E-state index contributed by atoms with van der Waals surface area (Å²) in [7, 11) is 0. The lowest BCUT2D eigenvalue weighted by molar-refractivity contribution is -0.385. The molecular formula is C11H14BrN3O4. The van der Waals surface area contributed by atoms with E-state index in [1.165, 1.54) is 6.07 Å². The third-order valence-electron chi connectivity index (χ3n) is 2.62. The molecule has 1 atom stereocenters. The Balaban J connectivity index is 2.99. The number of aliphatic carboxylic acids is 1. The van der Waals surface area contributed by atoms with E-state index in [9.17, 15) is 14.9 Å². The minimum Gasteiger partial charge on any atom is -0.481 e. The van der Waals surface area contributed by atoms with Gasteiger partial charge in [-0.2, -0.15) is 0 Å². The van der Waals surface area contributed by atoms with E-state index in [1.54, 1.807) is 11.8 Å². The molecule has 0 aliphatic carbocycles. The molecular weight excluding hydrogens is 318 g/mol. The van der Waals surface area contributed by atoms with E-state index >= 15 is 0 Å². The van der Waals surface area contributed by atoms with Crippen molar-refractivity contribution in [3.05, 3.63) is 26.9 Å². The van der Waals surface area contributed by atoms with E-state index in [-0.39, 0.29) is 12.2 Å². The predicted molar refractivity (Wildman–Crippen MR) is 73.3 cm³/mol. The Morgan fingerprint density at radius 3 is 2.74 bits per heavy atom. The highest BCUT2D eigenvalue weighted by molar-refractivity contribution is 9.10. The van der Waals surface area contributed by atoms with Gasteiger partial charge in [0.1, 0.15) is 12.0 Å². The van der Waals surface area contributed by atoms with Crippen molar-refractivity contribution < 1.29 is 14.8 Å². The molecule has 0 saturated carbocycles. The monoisotopic (exact) mass is 331 g/mol. The van der Waals surface area contributed by atoms with Crippen LogP contribution in [0.5, 0.6) is 0 Å². The number of carboxylic acids is 1. The summed E-state index contributed by atoms with van der Waals surface area (Å²) in [6, 6.07) is 1.36. The molecule has 8 heteroatoms.